The fourth-order valence-electron chi connectivity index (χ4n) is 6.96. The van der Waals surface area contributed by atoms with Gasteiger partial charge in [0.15, 0.2) is 11.6 Å². The first kappa shape index (κ1) is 17.5. The minimum atomic E-state index is -0.909. The lowest BCUT2D eigenvalue weighted by Gasteiger charge is -2.61. The van der Waals surface area contributed by atoms with Crippen molar-refractivity contribution in [2.75, 3.05) is 0 Å². The summed E-state index contributed by atoms with van der Waals surface area (Å²) in [4.78, 5) is 36.6. The van der Waals surface area contributed by atoms with Crippen molar-refractivity contribution < 1.29 is 14.4 Å². The van der Waals surface area contributed by atoms with Crippen molar-refractivity contribution in [3.8, 4) is 0 Å². The molecular weight excluding hydrogens is 336 g/mol. The highest BCUT2D eigenvalue weighted by Crippen LogP contribution is 2.69. The minimum absolute atomic E-state index is 0.0136. The molecule has 136 valence electrons. The van der Waals surface area contributed by atoms with Gasteiger partial charge in [0.1, 0.15) is 10.7 Å². The number of halogens is 1. The van der Waals surface area contributed by atoms with Crippen LogP contribution >= 0.6 is 11.6 Å². The highest BCUT2D eigenvalue weighted by Gasteiger charge is 2.69. The van der Waals surface area contributed by atoms with Gasteiger partial charge < -0.3 is 0 Å². The van der Waals surface area contributed by atoms with Gasteiger partial charge in [-0.05, 0) is 62.4 Å². The maximum atomic E-state index is 13.5. The molecule has 0 heterocycles. The van der Waals surface area contributed by atoms with Gasteiger partial charge >= 0.3 is 0 Å². The molecule has 0 saturated heterocycles. The van der Waals surface area contributed by atoms with Gasteiger partial charge in [0, 0.05) is 24.2 Å². The van der Waals surface area contributed by atoms with Crippen molar-refractivity contribution in [2.24, 2.45) is 28.6 Å². The molecule has 0 aromatic carbocycles. The van der Waals surface area contributed by atoms with Crippen molar-refractivity contribution in [1.29, 1.82) is 0 Å². The summed E-state index contributed by atoms with van der Waals surface area (Å²) in [5, 5.41) is 0. The fourth-order valence-corrected chi connectivity index (χ4v) is 7.50. The van der Waals surface area contributed by atoms with Crippen molar-refractivity contribution in [3.63, 3.8) is 0 Å². The molecule has 4 aliphatic carbocycles. The van der Waals surface area contributed by atoms with Crippen LogP contribution in [0.5, 0.6) is 0 Å². The van der Waals surface area contributed by atoms with Crippen LogP contribution in [0, 0.1) is 28.6 Å². The molecule has 0 amide bonds. The van der Waals surface area contributed by atoms with Gasteiger partial charge in [0.05, 0.1) is 0 Å². The summed E-state index contributed by atoms with van der Waals surface area (Å²) in [6, 6.07) is 0. The zero-order valence-electron chi connectivity index (χ0n) is 15.4. The number of hydrogen-bond acceptors (Lipinski definition) is 3. The van der Waals surface area contributed by atoms with E-state index in [9.17, 15) is 14.4 Å². The molecule has 3 saturated carbocycles. The van der Waals surface area contributed by atoms with Gasteiger partial charge in [-0.1, -0.05) is 19.4 Å². The van der Waals surface area contributed by atoms with Crippen LogP contribution in [0.15, 0.2) is 11.6 Å². The number of carbonyl (C=O) groups excluding carboxylic acids is 3. The second-order valence-electron chi connectivity index (χ2n) is 9.28. The molecule has 0 aromatic heterocycles. The maximum Gasteiger partial charge on any atom is 0.155 e. The summed E-state index contributed by atoms with van der Waals surface area (Å²) < 4.78 is 0. The Kier molecular flexibility index (Phi) is 3.69. The summed E-state index contributed by atoms with van der Waals surface area (Å²) in [6.45, 7) is 5.91. The topological polar surface area (TPSA) is 51.2 Å². The molecule has 4 heteroatoms. The van der Waals surface area contributed by atoms with E-state index >= 15 is 0 Å². The van der Waals surface area contributed by atoms with Crippen LogP contribution < -0.4 is 0 Å². The average Bonchev–Trinajstić information content (AvgIpc) is 2.87. The number of allylic oxidation sites excluding steroid dienone is 1. The van der Waals surface area contributed by atoms with E-state index in [0.717, 1.165) is 31.3 Å². The summed E-state index contributed by atoms with van der Waals surface area (Å²) >= 11 is 7.26. The van der Waals surface area contributed by atoms with E-state index in [0.29, 0.717) is 25.2 Å². The minimum Gasteiger partial charge on any atom is -0.300 e. The lowest BCUT2D eigenvalue weighted by molar-refractivity contribution is -0.144. The summed E-state index contributed by atoms with van der Waals surface area (Å²) in [7, 11) is 0. The maximum absolute atomic E-state index is 13.5. The van der Waals surface area contributed by atoms with E-state index < -0.39 is 10.3 Å². The fraction of sp³-hybridized carbons (Fsp3) is 0.762. The van der Waals surface area contributed by atoms with Crippen LogP contribution in [0.4, 0.5) is 0 Å². The van der Waals surface area contributed by atoms with Crippen LogP contribution in [0.2, 0.25) is 0 Å². The monoisotopic (exact) mass is 362 g/mol. The van der Waals surface area contributed by atoms with E-state index in [1.165, 1.54) is 0 Å². The van der Waals surface area contributed by atoms with Crippen molar-refractivity contribution in [1.82, 2.24) is 0 Å². The molecule has 4 rings (SSSR count). The number of hydrogen-bond donors (Lipinski definition) is 0. The van der Waals surface area contributed by atoms with Crippen LogP contribution in [0.3, 0.4) is 0 Å². The molecule has 0 unspecified atom stereocenters. The molecule has 3 nitrogen and oxygen atoms in total. The molecule has 0 N–H and O–H groups in total. The number of ketones is 3. The van der Waals surface area contributed by atoms with Crippen LogP contribution in [-0.2, 0) is 14.4 Å². The largest absolute Gasteiger partial charge is 0.300 e. The standard InChI is InChI=1S/C21H27ClO3/c1-12(23)15-6-7-16-17-5-4-13-10-14(24)8-9-20(13,3)21(17,22)18(25)11-19(15,16)2/h10,15-17H,4-9,11H2,1-3H3/t15-,16+,17+,19-,20+,21+/m1/s1. The Balaban J connectivity index is 1.81. The summed E-state index contributed by atoms with van der Waals surface area (Å²) in [5.74, 6) is 0.907. The first-order valence-corrected chi connectivity index (χ1v) is 9.99. The average molecular weight is 363 g/mol. The Morgan fingerprint density at radius 1 is 1.12 bits per heavy atom. The lowest BCUT2D eigenvalue weighted by Crippen LogP contribution is -2.65. The van der Waals surface area contributed by atoms with Gasteiger partial charge in [-0.2, -0.15) is 0 Å². The van der Waals surface area contributed by atoms with Gasteiger partial charge in [-0.15, -0.1) is 11.6 Å². The Morgan fingerprint density at radius 3 is 2.52 bits per heavy atom. The smallest absolute Gasteiger partial charge is 0.155 e. The number of Topliss-reactive ketones (excluding diaryl/α,β-unsaturated/α-hetero) is 2. The van der Waals surface area contributed by atoms with E-state index in [-0.39, 0.29) is 34.6 Å². The van der Waals surface area contributed by atoms with Crippen LogP contribution in [0.1, 0.15) is 65.7 Å². The van der Waals surface area contributed by atoms with Crippen molar-refractivity contribution in [3.05, 3.63) is 11.6 Å². The summed E-state index contributed by atoms with van der Waals surface area (Å²) in [6.07, 6.45) is 6.89. The predicted octanol–water partition coefficient (Wildman–Crippen LogP) is 4.26. The van der Waals surface area contributed by atoms with Gasteiger partial charge in [-0.3, -0.25) is 14.4 Å². The molecule has 6 atom stereocenters. The molecule has 0 aliphatic heterocycles. The first-order chi connectivity index (χ1) is 11.6. The summed E-state index contributed by atoms with van der Waals surface area (Å²) in [5.41, 5.74) is 0.416. The number of rotatable bonds is 1. The molecule has 0 spiro atoms. The van der Waals surface area contributed by atoms with Crippen molar-refractivity contribution >= 4 is 29.0 Å². The van der Waals surface area contributed by atoms with Gasteiger partial charge in [0.2, 0.25) is 0 Å². The molecule has 0 aromatic rings. The zero-order chi connectivity index (χ0) is 18.2. The third kappa shape index (κ3) is 2.02. The number of alkyl halides is 1. The SMILES string of the molecule is CC(=O)[C@H]1CC[C@H]2[C@@H]3CCC4=CC(=O)CC[C@]4(C)[C@@]3(Cl)C(=O)C[C@]12C. The molecule has 4 aliphatic rings. The van der Waals surface area contributed by atoms with E-state index in [1.807, 2.05) is 0 Å². The second-order valence-corrected chi connectivity index (χ2v) is 9.87. The number of fused-ring (bicyclic) bond motifs is 5. The quantitative estimate of drug-likeness (QED) is 0.655. The Bertz CT molecular complexity index is 710. The predicted molar refractivity (Wildman–Crippen MR) is 96.4 cm³/mol. The third-order valence-electron chi connectivity index (χ3n) is 8.29. The molecule has 25 heavy (non-hydrogen) atoms. The Labute approximate surface area is 154 Å². The number of carbonyl (C=O) groups is 3. The van der Waals surface area contributed by atoms with Crippen LogP contribution in [-0.4, -0.2) is 22.2 Å². The Morgan fingerprint density at radius 2 is 1.84 bits per heavy atom. The molecule has 0 radical (unpaired) electrons. The first-order valence-electron chi connectivity index (χ1n) is 9.61. The molecule has 0 bridgehead atoms. The highest BCUT2D eigenvalue weighted by molar-refractivity contribution is 6.37. The van der Waals surface area contributed by atoms with Gasteiger partial charge in [0.25, 0.3) is 0 Å². The molecule has 3 fully saturated rings. The third-order valence-corrected chi connectivity index (χ3v) is 9.20. The van der Waals surface area contributed by atoms with E-state index in [4.69, 9.17) is 11.6 Å². The zero-order valence-corrected chi connectivity index (χ0v) is 16.1. The van der Waals surface area contributed by atoms with Crippen molar-refractivity contribution in [2.45, 2.75) is 70.6 Å². The van der Waals surface area contributed by atoms with Gasteiger partial charge in [-0.25, -0.2) is 0 Å². The van der Waals surface area contributed by atoms with E-state index in [1.54, 1.807) is 13.0 Å². The molecular formula is C21H27ClO3. The second kappa shape index (κ2) is 5.28. The normalized spacial score (nSPS) is 49.1. The highest BCUT2D eigenvalue weighted by atomic mass is 35.5. The Hall–Kier alpha value is -0.960. The van der Waals surface area contributed by atoms with Crippen LogP contribution in [0.25, 0.3) is 0 Å². The lowest BCUT2D eigenvalue weighted by atomic mass is 9.46. The van der Waals surface area contributed by atoms with E-state index in [2.05, 4.69) is 13.8 Å².